The molecule has 0 atom stereocenters. The summed E-state index contributed by atoms with van der Waals surface area (Å²) in [6, 6.07) is 23.6. The smallest absolute Gasteiger partial charge is 0.256 e. The van der Waals surface area contributed by atoms with E-state index in [1.807, 2.05) is 79.7 Å². The standard InChI is InChI=1S/C27H24ClN3O/c1-17-6-13-23-21(14-17)22(15-26(30-23)19-9-10-19)27(32)31-25-5-3-2-4-24(25)29-16-18-7-11-20(28)12-8-18/h2-8,11-15,19,29H,9-10,16H2,1H3,(H,31,32). The van der Waals surface area contributed by atoms with E-state index >= 15 is 0 Å². The van der Waals surface area contributed by atoms with Crippen LogP contribution in [0.5, 0.6) is 0 Å². The van der Waals surface area contributed by atoms with Crippen molar-refractivity contribution in [3.8, 4) is 0 Å². The highest BCUT2D eigenvalue weighted by Crippen LogP contribution is 2.40. The molecule has 0 aliphatic heterocycles. The molecule has 3 aromatic carbocycles. The number of carbonyl (C=O) groups excluding carboxylic acids is 1. The SMILES string of the molecule is Cc1ccc2nc(C3CC3)cc(C(=O)Nc3ccccc3NCc3ccc(Cl)cc3)c2c1. The van der Waals surface area contributed by atoms with Crippen molar-refractivity contribution in [1.29, 1.82) is 0 Å². The zero-order valence-electron chi connectivity index (χ0n) is 17.9. The molecule has 0 radical (unpaired) electrons. The fraction of sp³-hybridized carbons (Fsp3) is 0.185. The Hall–Kier alpha value is -3.37. The number of hydrogen-bond donors (Lipinski definition) is 2. The number of fused-ring (bicyclic) bond motifs is 1. The molecule has 0 bridgehead atoms. The van der Waals surface area contributed by atoms with E-state index in [9.17, 15) is 4.79 Å². The fourth-order valence-electron chi connectivity index (χ4n) is 3.87. The van der Waals surface area contributed by atoms with Gasteiger partial charge in [0.1, 0.15) is 0 Å². The van der Waals surface area contributed by atoms with Crippen molar-refractivity contribution in [2.75, 3.05) is 10.6 Å². The third-order valence-corrected chi connectivity index (χ3v) is 6.05. The number of aryl methyl sites for hydroxylation is 1. The van der Waals surface area contributed by atoms with Crippen molar-refractivity contribution in [3.63, 3.8) is 0 Å². The minimum Gasteiger partial charge on any atom is -0.379 e. The van der Waals surface area contributed by atoms with Crippen LogP contribution in [-0.4, -0.2) is 10.9 Å². The molecular formula is C27H24ClN3O. The van der Waals surface area contributed by atoms with E-state index in [0.717, 1.165) is 51.9 Å². The Bertz CT molecular complexity index is 1300. The Morgan fingerprint density at radius 1 is 1.00 bits per heavy atom. The molecule has 1 saturated carbocycles. The molecule has 2 N–H and O–H groups in total. The summed E-state index contributed by atoms with van der Waals surface area (Å²) >= 11 is 5.98. The molecule has 0 spiro atoms. The monoisotopic (exact) mass is 441 g/mol. The number of rotatable bonds is 6. The van der Waals surface area contributed by atoms with Crippen molar-refractivity contribution in [1.82, 2.24) is 4.98 Å². The molecular weight excluding hydrogens is 418 g/mol. The zero-order valence-corrected chi connectivity index (χ0v) is 18.6. The Morgan fingerprint density at radius 3 is 2.50 bits per heavy atom. The highest BCUT2D eigenvalue weighted by atomic mass is 35.5. The topological polar surface area (TPSA) is 54.0 Å². The molecule has 5 heteroatoms. The van der Waals surface area contributed by atoms with E-state index in [1.165, 1.54) is 0 Å². The van der Waals surface area contributed by atoms with Crippen molar-refractivity contribution in [2.24, 2.45) is 0 Å². The lowest BCUT2D eigenvalue weighted by Crippen LogP contribution is -2.15. The normalized spacial score (nSPS) is 13.2. The number of pyridine rings is 1. The molecule has 1 aliphatic carbocycles. The third kappa shape index (κ3) is 4.46. The molecule has 0 saturated heterocycles. The molecule has 4 nitrogen and oxygen atoms in total. The molecule has 1 aliphatic rings. The van der Waals surface area contributed by atoms with Gasteiger partial charge in [0.15, 0.2) is 0 Å². The average molecular weight is 442 g/mol. The number of nitrogens with one attached hydrogen (secondary N) is 2. The number of carbonyl (C=O) groups is 1. The Kier molecular flexibility index (Phi) is 5.54. The van der Waals surface area contributed by atoms with Crippen LogP contribution in [0.1, 0.15) is 45.9 Å². The van der Waals surface area contributed by atoms with Crippen LogP contribution < -0.4 is 10.6 Å². The second-order valence-electron chi connectivity index (χ2n) is 8.37. The summed E-state index contributed by atoms with van der Waals surface area (Å²) in [6.07, 6.45) is 2.28. The van der Waals surface area contributed by atoms with Gasteiger partial charge in [-0.3, -0.25) is 9.78 Å². The summed E-state index contributed by atoms with van der Waals surface area (Å²) in [5, 5.41) is 8.14. The number of benzene rings is 3. The van der Waals surface area contributed by atoms with Gasteiger partial charge in [-0.05, 0) is 67.8 Å². The lowest BCUT2D eigenvalue weighted by molar-refractivity contribution is 0.102. The second kappa shape index (κ2) is 8.64. The van der Waals surface area contributed by atoms with Crippen LogP contribution in [0.2, 0.25) is 5.02 Å². The minimum atomic E-state index is -0.120. The van der Waals surface area contributed by atoms with Gasteiger partial charge >= 0.3 is 0 Å². The highest BCUT2D eigenvalue weighted by molar-refractivity contribution is 6.30. The minimum absolute atomic E-state index is 0.120. The molecule has 160 valence electrons. The first kappa shape index (κ1) is 20.5. The first-order valence-electron chi connectivity index (χ1n) is 10.9. The number of para-hydroxylation sites is 2. The molecule has 1 amide bonds. The zero-order chi connectivity index (χ0) is 22.1. The van der Waals surface area contributed by atoms with Crippen molar-refractivity contribution >= 4 is 39.8 Å². The van der Waals surface area contributed by atoms with Gasteiger partial charge in [-0.15, -0.1) is 0 Å². The molecule has 0 unspecified atom stereocenters. The molecule has 32 heavy (non-hydrogen) atoms. The first-order valence-corrected chi connectivity index (χ1v) is 11.2. The van der Waals surface area contributed by atoms with Gasteiger partial charge in [-0.1, -0.05) is 47.5 Å². The van der Waals surface area contributed by atoms with Crippen LogP contribution in [0.3, 0.4) is 0 Å². The summed E-state index contributed by atoms with van der Waals surface area (Å²) in [4.78, 5) is 18.2. The van der Waals surface area contributed by atoms with E-state index in [4.69, 9.17) is 16.6 Å². The molecule has 4 aromatic rings. The quantitative estimate of drug-likeness (QED) is 0.340. The lowest BCUT2D eigenvalue weighted by atomic mass is 10.0. The molecule has 5 rings (SSSR count). The highest BCUT2D eigenvalue weighted by Gasteiger charge is 2.27. The van der Waals surface area contributed by atoms with Gasteiger partial charge < -0.3 is 10.6 Å². The van der Waals surface area contributed by atoms with Crippen molar-refractivity contribution in [2.45, 2.75) is 32.2 Å². The van der Waals surface area contributed by atoms with Gasteiger partial charge in [0.25, 0.3) is 5.91 Å². The number of halogens is 1. The van der Waals surface area contributed by atoms with E-state index in [-0.39, 0.29) is 5.91 Å². The summed E-state index contributed by atoms with van der Waals surface area (Å²) in [5.74, 6) is 0.353. The molecule has 1 fully saturated rings. The van der Waals surface area contributed by atoms with Gasteiger partial charge in [0.2, 0.25) is 0 Å². The number of nitrogens with zero attached hydrogens (tertiary/aromatic N) is 1. The second-order valence-corrected chi connectivity index (χ2v) is 8.81. The van der Waals surface area contributed by atoms with Crippen molar-refractivity contribution < 1.29 is 4.79 Å². The van der Waals surface area contributed by atoms with Crippen molar-refractivity contribution in [3.05, 3.63) is 100 Å². The molecule has 1 heterocycles. The van der Waals surface area contributed by atoms with Crippen LogP contribution >= 0.6 is 11.6 Å². The first-order chi connectivity index (χ1) is 15.6. The van der Waals surface area contributed by atoms with Crippen LogP contribution in [0.4, 0.5) is 11.4 Å². The van der Waals surface area contributed by atoms with Gasteiger partial charge in [0.05, 0.1) is 22.5 Å². The maximum absolute atomic E-state index is 13.4. The maximum Gasteiger partial charge on any atom is 0.256 e. The van der Waals surface area contributed by atoms with E-state index in [1.54, 1.807) is 0 Å². The van der Waals surface area contributed by atoms with Crippen LogP contribution in [0.15, 0.2) is 72.8 Å². The number of hydrogen-bond acceptors (Lipinski definition) is 3. The summed E-state index contributed by atoms with van der Waals surface area (Å²) < 4.78 is 0. The number of aromatic nitrogens is 1. The van der Waals surface area contributed by atoms with E-state index in [2.05, 4.69) is 10.6 Å². The lowest BCUT2D eigenvalue weighted by Gasteiger charge is -2.15. The van der Waals surface area contributed by atoms with E-state index < -0.39 is 0 Å². The molecule has 1 aromatic heterocycles. The Labute approximate surface area is 192 Å². The van der Waals surface area contributed by atoms with Gasteiger partial charge in [-0.2, -0.15) is 0 Å². The summed E-state index contributed by atoms with van der Waals surface area (Å²) in [7, 11) is 0. The predicted molar refractivity (Wildman–Crippen MR) is 132 cm³/mol. The number of anilines is 2. The summed E-state index contributed by atoms with van der Waals surface area (Å²) in [6.45, 7) is 2.67. The van der Waals surface area contributed by atoms with Crippen LogP contribution in [-0.2, 0) is 6.54 Å². The Balaban J connectivity index is 1.42. The fourth-order valence-corrected chi connectivity index (χ4v) is 4.00. The predicted octanol–water partition coefficient (Wildman–Crippen LogP) is 6.94. The average Bonchev–Trinajstić information content (AvgIpc) is 3.64. The van der Waals surface area contributed by atoms with Gasteiger partial charge in [0, 0.05) is 28.6 Å². The largest absolute Gasteiger partial charge is 0.379 e. The van der Waals surface area contributed by atoms with Gasteiger partial charge in [-0.25, -0.2) is 0 Å². The van der Waals surface area contributed by atoms with Crippen LogP contribution in [0.25, 0.3) is 10.9 Å². The number of amides is 1. The Morgan fingerprint density at radius 2 is 1.75 bits per heavy atom. The van der Waals surface area contributed by atoms with E-state index in [0.29, 0.717) is 23.0 Å². The van der Waals surface area contributed by atoms with Crippen LogP contribution in [0, 0.1) is 6.92 Å². The third-order valence-electron chi connectivity index (χ3n) is 5.80. The maximum atomic E-state index is 13.4. The summed E-state index contributed by atoms with van der Waals surface area (Å²) in [5.41, 5.74) is 6.40.